The molecule has 2 aromatic heterocycles. The second kappa shape index (κ2) is 10.9. The molecule has 1 N–H and O–H groups in total. The van der Waals surface area contributed by atoms with Gasteiger partial charge in [0, 0.05) is 44.9 Å². The molecule has 1 aromatic carbocycles. The van der Waals surface area contributed by atoms with E-state index in [4.69, 9.17) is 16.3 Å². The van der Waals surface area contributed by atoms with Crippen molar-refractivity contribution in [2.75, 3.05) is 26.2 Å². The van der Waals surface area contributed by atoms with Crippen molar-refractivity contribution in [3.8, 4) is 5.88 Å². The second-order valence-corrected chi connectivity index (χ2v) is 8.75. The number of hydrogen-bond acceptors (Lipinski definition) is 6. The molecule has 2 aliphatic rings. The van der Waals surface area contributed by atoms with E-state index in [1.54, 1.807) is 13.1 Å². The Bertz CT molecular complexity index is 1040. The van der Waals surface area contributed by atoms with Crippen LogP contribution in [0.2, 0.25) is 4.47 Å². The zero-order valence-electron chi connectivity index (χ0n) is 17.1. The first-order chi connectivity index (χ1) is 14.6. The second-order valence-electron chi connectivity index (χ2n) is 7.13. The minimum Gasteiger partial charge on any atom is -0.471 e. The third-order valence-corrected chi connectivity index (χ3v) is 6.20. The molecule has 9 heteroatoms. The predicted octanol–water partition coefficient (Wildman–Crippen LogP) is 4.44. The molecule has 0 bridgehead atoms. The van der Waals surface area contributed by atoms with Gasteiger partial charge in [0.2, 0.25) is 11.8 Å². The number of halogens is 2. The summed E-state index contributed by atoms with van der Waals surface area (Å²) in [6.07, 6.45) is 4.94. The molecule has 1 saturated heterocycles. The van der Waals surface area contributed by atoms with Crippen molar-refractivity contribution < 1.29 is 9.53 Å². The average Bonchev–Trinajstić information content (AvgIpc) is 3.12. The van der Waals surface area contributed by atoms with Crippen molar-refractivity contribution in [1.29, 1.82) is 0 Å². The summed E-state index contributed by atoms with van der Waals surface area (Å²) < 4.78 is 7.67. The summed E-state index contributed by atoms with van der Waals surface area (Å²) in [4.78, 5) is 21.7. The van der Waals surface area contributed by atoms with Gasteiger partial charge in [-0.15, -0.1) is 23.7 Å². The van der Waals surface area contributed by atoms with Crippen molar-refractivity contribution in [3.63, 3.8) is 0 Å². The molecular formula is C22H24Cl2N4O2S. The maximum Gasteiger partial charge on any atom is 0.221 e. The molecule has 0 atom stereocenters. The largest absolute Gasteiger partial charge is 0.471 e. The Morgan fingerprint density at radius 2 is 2.06 bits per heavy atom. The van der Waals surface area contributed by atoms with Crippen molar-refractivity contribution in [2.45, 2.75) is 19.4 Å². The molecule has 4 heterocycles. The highest BCUT2D eigenvalue weighted by molar-refractivity contribution is 7.22. The van der Waals surface area contributed by atoms with Crippen molar-refractivity contribution in [2.24, 2.45) is 0 Å². The monoisotopic (exact) mass is 478 g/mol. The average molecular weight is 479 g/mol. The zero-order chi connectivity index (χ0) is 20.9. The first-order valence-corrected chi connectivity index (χ1v) is 11.1. The number of pyridine rings is 1. The van der Waals surface area contributed by atoms with E-state index in [0.29, 0.717) is 16.9 Å². The van der Waals surface area contributed by atoms with Crippen LogP contribution in [0.4, 0.5) is 0 Å². The summed E-state index contributed by atoms with van der Waals surface area (Å²) in [7, 11) is 0. The highest BCUT2D eigenvalue weighted by Gasteiger charge is 2.22. The molecule has 31 heavy (non-hydrogen) atoms. The molecule has 1 amide bonds. The van der Waals surface area contributed by atoms with Crippen LogP contribution in [0.3, 0.4) is 0 Å². The first-order valence-electron chi connectivity index (χ1n) is 9.88. The number of carbonyl (C=O) groups is 1. The van der Waals surface area contributed by atoms with Crippen molar-refractivity contribution in [1.82, 2.24) is 20.2 Å². The lowest BCUT2D eigenvalue weighted by Gasteiger charge is -2.29. The standard InChI is InChI=1S/C15H19N3O2.C7H4ClNS.ClH/c1-11(19)18-7-4-12(5-8-18)14-3-2-6-17-15(14)20-13-9-16-10-13;8-7-9-5-3-1-2-4-6(5)10-7;/h2-4,6,13,16H,5,7-10H2,1H3;1-4H;1H. The fourth-order valence-electron chi connectivity index (χ4n) is 3.28. The zero-order valence-corrected chi connectivity index (χ0v) is 19.5. The van der Waals surface area contributed by atoms with Crippen LogP contribution >= 0.6 is 35.3 Å². The van der Waals surface area contributed by atoms with Gasteiger partial charge in [0.15, 0.2) is 4.47 Å². The van der Waals surface area contributed by atoms with E-state index in [1.807, 2.05) is 41.3 Å². The van der Waals surface area contributed by atoms with Gasteiger partial charge in [-0.2, -0.15) is 0 Å². The van der Waals surface area contributed by atoms with E-state index in [-0.39, 0.29) is 24.4 Å². The van der Waals surface area contributed by atoms with Gasteiger partial charge in [-0.05, 0) is 36.3 Å². The van der Waals surface area contributed by atoms with E-state index in [0.717, 1.165) is 41.8 Å². The summed E-state index contributed by atoms with van der Waals surface area (Å²) in [6, 6.07) is 11.9. The fraction of sp³-hybridized carbons (Fsp3) is 0.318. The smallest absolute Gasteiger partial charge is 0.221 e. The molecule has 3 aromatic rings. The molecule has 0 saturated carbocycles. The van der Waals surface area contributed by atoms with Crippen LogP contribution in [0.15, 0.2) is 48.7 Å². The topological polar surface area (TPSA) is 67.4 Å². The van der Waals surface area contributed by atoms with Crippen LogP contribution in [-0.4, -0.2) is 53.1 Å². The van der Waals surface area contributed by atoms with Crippen LogP contribution in [0.25, 0.3) is 15.8 Å². The number of nitrogens with one attached hydrogen (secondary N) is 1. The maximum absolute atomic E-state index is 11.4. The number of para-hydroxylation sites is 1. The predicted molar refractivity (Wildman–Crippen MR) is 128 cm³/mol. The summed E-state index contributed by atoms with van der Waals surface area (Å²) in [5.74, 6) is 0.838. The Morgan fingerprint density at radius 3 is 2.71 bits per heavy atom. The fourth-order valence-corrected chi connectivity index (χ4v) is 4.31. The van der Waals surface area contributed by atoms with Crippen molar-refractivity contribution in [3.05, 3.63) is 58.7 Å². The van der Waals surface area contributed by atoms with E-state index in [9.17, 15) is 4.79 Å². The first kappa shape index (κ1) is 23.5. The summed E-state index contributed by atoms with van der Waals surface area (Å²) in [5, 5.41) is 3.19. The molecular weight excluding hydrogens is 455 g/mol. The molecule has 0 unspecified atom stereocenters. The van der Waals surface area contributed by atoms with Crippen LogP contribution < -0.4 is 10.1 Å². The Balaban J connectivity index is 0.000000208. The van der Waals surface area contributed by atoms with Gasteiger partial charge in [-0.1, -0.05) is 29.8 Å². The third kappa shape index (κ3) is 5.95. The number of fused-ring (bicyclic) bond motifs is 1. The lowest BCUT2D eigenvalue weighted by atomic mass is 10.0. The third-order valence-electron chi connectivity index (χ3n) is 5.06. The summed E-state index contributed by atoms with van der Waals surface area (Å²) >= 11 is 7.20. The molecule has 1 fully saturated rings. The van der Waals surface area contributed by atoms with E-state index < -0.39 is 0 Å². The minimum absolute atomic E-state index is 0. The molecule has 2 aliphatic heterocycles. The highest BCUT2D eigenvalue weighted by Crippen LogP contribution is 2.29. The Labute approximate surface area is 196 Å². The van der Waals surface area contributed by atoms with E-state index >= 15 is 0 Å². The lowest BCUT2D eigenvalue weighted by molar-refractivity contribution is -0.128. The number of rotatable bonds is 3. The summed E-state index contributed by atoms with van der Waals surface area (Å²) in [5.41, 5.74) is 3.26. The number of amides is 1. The quantitative estimate of drug-likeness (QED) is 0.602. The van der Waals surface area contributed by atoms with Gasteiger partial charge in [0.1, 0.15) is 6.10 Å². The van der Waals surface area contributed by atoms with Gasteiger partial charge in [-0.25, -0.2) is 9.97 Å². The van der Waals surface area contributed by atoms with Crippen LogP contribution in [0, 0.1) is 0 Å². The van der Waals surface area contributed by atoms with Crippen LogP contribution in [-0.2, 0) is 4.79 Å². The molecule has 0 spiro atoms. The van der Waals surface area contributed by atoms with E-state index in [2.05, 4.69) is 21.4 Å². The lowest BCUT2D eigenvalue weighted by Crippen LogP contribution is -2.50. The van der Waals surface area contributed by atoms with Crippen molar-refractivity contribution >= 4 is 57.0 Å². The Kier molecular flexibility index (Phi) is 8.26. The van der Waals surface area contributed by atoms with Gasteiger partial charge >= 0.3 is 0 Å². The number of aromatic nitrogens is 2. The molecule has 164 valence electrons. The van der Waals surface area contributed by atoms with Gasteiger partial charge in [0.05, 0.1) is 10.2 Å². The molecule has 5 rings (SSSR count). The Hall–Kier alpha value is -2.19. The molecule has 0 aliphatic carbocycles. The number of benzene rings is 1. The molecule has 6 nitrogen and oxygen atoms in total. The number of hydrogen-bond donors (Lipinski definition) is 1. The SMILES string of the molecule is CC(=O)N1CC=C(c2cccnc2OC2CNC2)CC1.Cl.Clc1nc2ccccc2s1. The number of ether oxygens (including phenoxy) is 1. The normalized spacial score (nSPS) is 15.8. The van der Waals surface area contributed by atoms with Gasteiger partial charge in [0.25, 0.3) is 0 Å². The number of thiazole rings is 1. The van der Waals surface area contributed by atoms with Gasteiger partial charge in [-0.3, -0.25) is 4.79 Å². The number of carbonyl (C=O) groups excluding carboxylic acids is 1. The Morgan fingerprint density at radius 1 is 1.26 bits per heavy atom. The van der Waals surface area contributed by atoms with Gasteiger partial charge < -0.3 is 15.0 Å². The highest BCUT2D eigenvalue weighted by atomic mass is 35.5. The maximum atomic E-state index is 11.4. The number of nitrogens with zero attached hydrogens (tertiary/aromatic N) is 3. The van der Waals surface area contributed by atoms with E-state index in [1.165, 1.54) is 16.9 Å². The van der Waals surface area contributed by atoms with Crippen LogP contribution in [0.5, 0.6) is 5.88 Å². The molecule has 0 radical (unpaired) electrons. The minimum atomic E-state index is 0. The van der Waals surface area contributed by atoms with Crippen LogP contribution in [0.1, 0.15) is 18.9 Å². The summed E-state index contributed by atoms with van der Waals surface area (Å²) in [6.45, 7) is 4.81.